The Balaban J connectivity index is 2.10. The minimum absolute atomic E-state index is 0.699. The van der Waals surface area contributed by atoms with Crippen molar-refractivity contribution in [1.29, 1.82) is 0 Å². The third-order valence-electron chi connectivity index (χ3n) is 3.01. The van der Waals surface area contributed by atoms with Crippen LogP contribution in [0.1, 0.15) is 6.92 Å². The summed E-state index contributed by atoms with van der Waals surface area (Å²) in [5, 5.41) is 1.20. The summed E-state index contributed by atoms with van der Waals surface area (Å²) >= 11 is 0. The number of hydrogen-bond donors (Lipinski definition) is 0. The number of para-hydroxylation sites is 1. The molecule has 90 valence electrons. The summed E-state index contributed by atoms with van der Waals surface area (Å²) in [5.74, 6) is 0.927. The molecule has 0 saturated heterocycles. The van der Waals surface area contributed by atoms with Crippen LogP contribution < -0.4 is 4.74 Å². The van der Waals surface area contributed by atoms with Crippen molar-refractivity contribution in [2.75, 3.05) is 6.61 Å². The van der Waals surface area contributed by atoms with Gasteiger partial charge in [0, 0.05) is 17.3 Å². The first-order valence-corrected chi connectivity index (χ1v) is 6.18. The van der Waals surface area contributed by atoms with Crippen molar-refractivity contribution >= 4 is 10.9 Å². The van der Waals surface area contributed by atoms with E-state index in [9.17, 15) is 0 Å². The van der Waals surface area contributed by atoms with Crippen molar-refractivity contribution in [2.24, 2.45) is 0 Å². The zero-order chi connectivity index (χ0) is 12.4. The van der Waals surface area contributed by atoms with Gasteiger partial charge in [0.25, 0.3) is 0 Å². The number of hydrogen-bond acceptors (Lipinski definition) is 1. The van der Waals surface area contributed by atoms with Gasteiger partial charge in [0.15, 0.2) is 0 Å². The number of aromatic nitrogens is 1. The van der Waals surface area contributed by atoms with Gasteiger partial charge in [0.1, 0.15) is 5.75 Å². The Labute approximate surface area is 106 Å². The smallest absolute Gasteiger partial charge is 0.120 e. The lowest BCUT2D eigenvalue weighted by molar-refractivity contribution is 0.341. The number of rotatable bonds is 3. The summed E-state index contributed by atoms with van der Waals surface area (Å²) in [6.45, 7) is 2.70. The van der Waals surface area contributed by atoms with Gasteiger partial charge >= 0.3 is 0 Å². The molecule has 1 aromatic heterocycles. The maximum atomic E-state index is 5.52. The molecule has 2 aromatic carbocycles. The van der Waals surface area contributed by atoms with Gasteiger partial charge in [-0.3, -0.25) is 0 Å². The first kappa shape index (κ1) is 10.9. The molecule has 18 heavy (non-hydrogen) atoms. The Hall–Kier alpha value is -2.22. The van der Waals surface area contributed by atoms with Gasteiger partial charge in [-0.05, 0) is 43.3 Å². The van der Waals surface area contributed by atoms with Crippen LogP contribution in [-0.4, -0.2) is 11.2 Å². The molecule has 0 saturated carbocycles. The molecule has 0 spiro atoms. The first-order chi connectivity index (χ1) is 8.88. The fourth-order valence-corrected chi connectivity index (χ4v) is 2.19. The third-order valence-corrected chi connectivity index (χ3v) is 3.01. The van der Waals surface area contributed by atoms with E-state index in [4.69, 9.17) is 4.74 Å². The number of ether oxygens (including phenoxy) is 1. The molecule has 0 fully saturated rings. The molecule has 0 unspecified atom stereocenters. The number of nitrogens with zero attached hydrogens (tertiary/aromatic N) is 1. The highest BCUT2D eigenvalue weighted by molar-refractivity contribution is 5.83. The largest absolute Gasteiger partial charge is 0.494 e. The molecule has 2 heteroatoms. The van der Waals surface area contributed by atoms with Crippen LogP contribution in [0.2, 0.25) is 0 Å². The molecule has 0 N–H and O–H groups in total. The molecule has 0 atom stereocenters. The summed E-state index contributed by atoms with van der Waals surface area (Å²) in [6.07, 6.45) is 2.09. The molecule has 1 heterocycles. The van der Waals surface area contributed by atoms with Crippen LogP contribution in [0.4, 0.5) is 0 Å². The van der Waals surface area contributed by atoms with Crippen molar-refractivity contribution in [3.8, 4) is 11.4 Å². The van der Waals surface area contributed by atoms with E-state index in [1.165, 1.54) is 16.6 Å². The van der Waals surface area contributed by atoms with Crippen LogP contribution in [0, 0.1) is 0 Å². The third kappa shape index (κ3) is 1.86. The maximum absolute atomic E-state index is 5.52. The van der Waals surface area contributed by atoms with Crippen LogP contribution in [0.15, 0.2) is 60.8 Å². The SMILES string of the molecule is CCOc1ccc2c(ccn2-c2ccccc2)c1. The molecule has 2 nitrogen and oxygen atoms in total. The quantitative estimate of drug-likeness (QED) is 0.670. The van der Waals surface area contributed by atoms with Gasteiger partial charge < -0.3 is 9.30 Å². The van der Waals surface area contributed by atoms with Crippen molar-refractivity contribution < 1.29 is 4.74 Å². The van der Waals surface area contributed by atoms with Crippen molar-refractivity contribution in [3.05, 3.63) is 60.8 Å². The van der Waals surface area contributed by atoms with E-state index in [0.717, 1.165) is 5.75 Å². The Kier molecular flexibility index (Phi) is 2.77. The van der Waals surface area contributed by atoms with Crippen LogP contribution in [0.25, 0.3) is 16.6 Å². The summed E-state index contributed by atoms with van der Waals surface area (Å²) in [5.41, 5.74) is 2.38. The highest BCUT2D eigenvalue weighted by Crippen LogP contribution is 2.24. The van der Waals surface area contributed by atoms with E-state index in [1.54, 1.807) is 0 Å². The lowest BCUT2D eigenvalue weighted by atomic mass is 10.2. The van der Waals surface area contributed by atoms with Crippen LogP contribution in [0.3, 0.4) is 0 Å². The van der Waals surface area contributed by atoms with Crippen molar-refractivity contribution in [2.45, 2.75) is 6.92 Å². The zero-order valence-corrected chi connectivity index (χ0v) is 10.3. The summed E-state index contributed by atoms with van der Waals surface area (Å²) in [6, 6.07) is 18.7. The first-order valence-electron chi connectivity index (χ1n) is 6.18. The Morgan fingerprint density at radius 2 is 1.83 bits per heavy atom. The van der Waals surface area contributed by atoms with Gasteiger partial charge in [0.2, 0.25) is 0 Å². The van der Waals surface area contributed by atoms with Crippen LogP contribution >= 0.6 is 0 Å². The second-order valence-electron chi connectivity index (χ2n) is 4.17. The van der Waals surface area contributed by atoms with E-state index >= 15 is 0 Å². The molecule has 0 aliphatic rings. The average molecular weight is 237 g/mol. The second kappa shape index (κ2) is 4.57. The summed E-state index contributed by atoms with van der Waals surface area (Å²) in [7, 11) is 0. The molecule has 0 bridgehead atoms. The average Bonchev–Trinajstić information content (AvgIpc) is 2.83. The Morgan fingerprint density at radius 3 is 2.61 bits per heavy atom. The minimum atomic E-state index is 0.699. The molecular formula is C16H15NO. The molecule has 0 aliphatic carbocycles. The highest BCUT2D eigenvalue weighted by atomic mass is 16.5. The number of fused-ring (bicyclic) bond motifs is 1. The molecule has 3 aromatic rings. The highest BCUT2D eigenvalue weighted by Gasteiger charge is 2.03. The molecule has 0 amide bonds. The van der Waals surface area contributed by atoms with Gasteiger partial charge in [0.05, 0.1) is 12.1 Å². The van der Waals surface area contributed by atoms with Crippen molar-refractivity contribution in [3.63, 3.8) is 0 Å². The second-order valence-corrected chi connectivity index (χ2v) is 4.17. The Morgan fingerprint density at radius 1 is 1.00 bits per heavy atom. The van der Waals surface area contributed by atoms with E-state index in [0.29, 0.717) is 6.61 Å². The fourth-order valence-electron chi connectivity index (χ4n) is 2.19. The molecule has 3 rings (SSSR count). The predicted molar refractivity (Wildman–Crippen MR) is 74.4 cm³/mol. The summed E-state index contributed by atoms with van der Waals surface area (Å²) < 4.78 is 7.71. The van der Waals surface area contributed by atoms with Crippen LogP contribution in [0.5, 0.6) is 5.75 Å². The molecule has 0 radical (unpaired) electrons. The van der Waals surface area contributed by atoms with E-state index in [1.807, 2.05) is 19.1 Å². The standard InChI is InChI=1S/C16H15NO/c1-2-18-15-8-9-16-13(12-15)10-11-17(16)14-6-4-3-5-7-14/h3-12H,2H2,1H3. The van der Waals surface area contributed by atoms with Crippen molar-refractivity contribution in [1.82, 2.24) is 4.57 Å². The predicted octanol–water partition coefficient (Wildman–Crippen LogP) is 4.03. The lowest BCUT2D eigenvalue weighted by Gasteiger charge is -2.06. The van der Waals surface area contributed by atoms with Gasteiger partial charge in [-0.25, -0.2) is 0 Å². The van der Waals surface area contributed by atoms with Crippen LogP contribution in [-0.2, 0) is 0 Å². The van der Waals surface area contributed by atoms with E-state index < -0.39 is 0 Å². The molecular weight excluding hydrogens is 222 g/mol. The Bertz CT molecular complexity index is 655. The van der Waals surface area contributed by atoms with E-state index in [-0.39, 0.29) is 0 Å². The zero-order valence-electron chi connectivity index (χ0n) is 10.3. The topological polar surface area (TPSA) is 14.2 Å². The fraction of sp³-hybridized carbons (Fsp3) is 0.125. The van der Waals surface area contributed by atoms with Gasteiger partial charge in [-0.1, -0.05) is 18.2 Å². The normalized spacial score (nSPS) is 10.7. The number of benzene rings is 2. The minimum Gasteiger partial charge on any atom is -0.494 e. The lowest BCUT2D eigenvalue weighted by Crippen LogP contribution is -1.92. The van der Waals surface area contributed by atoms with E-state index in [2.05, 4.69) is 53.2 Å². The monoisotopic (exact) mass is 237 g/mol. The van der Waals surface area contributed by atoms with Gasteiger partial charge in [-0.2, -0.15) is 0 Å². The maximum Gasteiger partial charge on any atom is 0.120 e. The van der Waals surface area contributed by atoms with Gasteiger partial charge in [-0.15, -0.1) is 0 Å². The summed E-state index contributed by atoms with van der Waals surface area (Å²) in [4.78, 5) is 0. The molecule has 0 aliphatic heterocycles.